The van der Waals surface area contributed by atoms with Gasteiger partial charge in [-0.2, -0.15) is 23.4 Å². The first kappa shape index (κ1) is 40.5. The molecule has 0 unspecified atom stereocenters. The summed E-state index contributed by atoms with van der Waals surface area (Å²) in [4.78, 5) is 9.81. The standard InChI is InChI=1S/C58H39N3OSi2.Pd/c1-5-21-43(22-6-1)63(44-23-7-2-8-24-44,47-29-19-20-42(38-47)51-30-15-17-36-59-51)48-34-35-49-50-40-55-57(41-53(50)61(52(49)39-48)58-33-16-18-37-60-58)64(45-25-9-3-10-26-45,46-27-11-4-12-28-46)56-32-14-13-31-54(56)62-55;/h1-37,40-41H;/q-2;+2. The van der Waals surface area contributed by atoms with Crippen molar-refractivity contribution in [2.45, 2.75) is 0 Å². The molecule has 0 saturated carbocycles. The molecule has 7 heteroatoms. The number of fused-ring (bicyclic) bond motifs is 5. The van der Waals surface area contributed by atoms with E-state index < -0.39 is 16.1 Å². The van der Waals surface area contributed by atoms with E-state index in [2.05, 4.69) is 223 Å². The van der Waals surface area contributed by atoms with E-state index in [0.717, 1.165) is 60.8 Å². The van der Waals surface area contributed by atoms with Gasteiger partial charge in [0.15, 0.2) is 8.07 Å². The van der Waals surface area contributed by atoms with E-state index in [1.54, 1.807) is 0 Å². The molecule has 0 N–H and O–H groups in total. The van der Waals surface area contributed by atoms with Gasteiger partial charge in [-0.3, -0.25) is 0 Å². The molecule has 12 rings (SSSR count). The molecule has 4 nitrogen and oxygen atoms in total. The third-order valence-corrected chi connectivity index (χ3v) is 22.4. The largest absolute Gasteiger partial charge is 2.00 e. The van der Waals surface area contributed by atoms with Crippen molar-refractivity contribution in [3.8, 4) is 28.6 Å². The average Bonchev–Trinajstić information content (AvgIpc) is 3.69. The molecule has 0 aliphatic carbocycles. The van der Waals surface area contributed by atoms with Gasteiger partial charge in [0.05, 0.1) is 0 Å². The minimum absolute atomic E-state index is 0. The predicted molar refractivity (Wildman–Crippen MR) is 267 cm³/mol. The van der Waals surface area contributed by atoms with Crippen molar-refractivity contribution >= 4 is 79.4 Å². The van der Waals surface area contributed by atoms with Gasteiger partial charge in [-0.25, -0.2) is 4.98 Å². The fourth-order valence-corrected chi connectivity index (χ4v) is 19.8. The second kappa shape index (κ2) is 16.7. The molecule has 1 aliphatic rings. The van der Waals surface area contributed by atoms with Crippen molar-refractivity contribution in [3.63, 3.8) is 0 Å². The van der Waals surface area contributed by atoms with Crippen LogP contribution in [0.5, 0.6) is 11.5 Å². The zero-order valence-electron chi connectivity index (χ0n) is 35.1. The van der Waals surface area contributed by atoms with Gasteiger partial charge in [-0.15, -0.1) is 40.4 Å². The first-order valence-corrected chi connectivity index (χ1v) is 25.6. The molecule has 0 radical (unpaired) electrons. The van der Waals surface area contributed by atoms with Crippen molar-refractivity contribution in [3.05, 3.63) is 249 Å². The Morgan fingerprint density at radius 1 is 0.462 bits per heavy atom. The number of para-hydroxylation sites is 1. The number of hydrogen-bond acceptors (Lipinski definition) is 3. The van der Waals surface area contributed by atoms with Gasteiger partial charge in [0.2, 0.25) is 0 Å². The van der Waals surface area contributed by atoms with Crippen molar-refractivity contribution < 1.29 is 25.2 Å². The van der Waals surface area contributed by atoms with Crippen LogP contribution >= 0.6 is 0 Å². The van der Waals surface area contributed by atoms with Gasteiger partial charge >= 0.3 is 20.4 Å². The second-order valence-corrected chi connectivity index (χ2v) is 23.7. The number of aromatic nitrogens is 3. The van der Waals surface area contributed by atoms with Gasteiger partial charge in [0.1, 0.15) is 25.4 Å². The van der Waals surface area contributed by atoms with Crippen LogP contribution in [0.15, 0.2) is 237 Å². The Morgan fingerprint density at radius 2 is 1.06 bits per heavy atom. The van der Waals surface area contributed by atoms with Crippen molar-refractivity contribution in [2.24, 2.45) is 0 Å². The third-order valence-electron chi connectivity index (χ3n) is 12.9. The molecule has 65 heavy (non-hydrogen) atoms. The van der Waals surface area contributed by atoms with Crippen molar-refractivity contribution in [1.82, 2.24) is 14.5 Å². The number of ether oxygens (including phenoxy) is 1. The van der Waals surface area contributed by atoms with Crippen LogP contribution in [-0.2, 0) is 20.4 Å². The maximum atomic E-state index is 7.04. The van der Waals surface area contributed by atoms with Crippen LogP contribution in [0.4, 0.5) is 0 Å². The van der Waals surface area contributed by atoms with E-state index in [0.29, 0.717) is 0 Å². The summed E-state index contributed by atoms with van der Waals surface area (Å²) in [6.07, 6.45) is 3.73. The van der Waals surface area contributed by atoms with Gasteiger partial charge in [0, 0.05) is 17.9 Å². The Hall–Kier alpha value is -7.24. The summed E-state index contributed by atoms with van der Waals surface area (Å²) in [5.41, 5.74) is 3.87. The second-order valence-electron chi connectivity index (χ2n) is 16.3. The zero-order valence-corrected chi connectivity index (χ0v) is 38.6. The minimum Gasteiger partial charge on any atom is -0.458 e. The maximum absolute atomic E-state index is 7.04. The molecule has 3 aromatic heterocycles. The zero-order chi connectivity index (χ0) is 42.5. The summed E-state index contributed by atoms with van der Waals surface area (Å²) < 4.78 is 9.37. The number of nitrogens with zero attached hydrogens (tertiary/aromatic N) is 3. The van der Waals surface area contributed by atoms with E-state index in [1.807, 2.05) is 30.6 Å². The van der Waals surface area contributed by atoms with Crippen molar-refractivity contribution in [2.75, 3.05) is 0 Å². The summed E-state index contributed by atoms with van der Waals surface area (Å²) in [6, 6.07) is 88.9. The van der Waals surface area contributed by atoms with Crippen LogP contribution in [0.1, 0.15) is 0 Å². The molecule has 0 amide bonds. The van der Waals surface area contributed by atoms with Gasteiger partial charge in [0.25, 0.3) is 0 Å². The van der Waals surface area contributed by atoms with Gasteiger partial charge in [-0.1, -0.05) is 163 Å². The van der Waals surface area contributed by atoms with Crippen LogP contribution in [-0.4, -0.2) is 30.7 Å². The first-order chi connectivity index (χ1) is 31.7. The molecule has 0 fully saturated rings. The summed E-state index contributed by atoms with van der Waals surface area (Å²) in [6.45, 7) is 0. The fourth-order valence-electron chi connectivity index (χ4n) is 10.2. The van der Waals surface area contributed by atoms with Crippen LogP contribution in [0.25, 0.3) is 38.9 Å². The molecule has 0 spiro atoms. The SMILES string of the molecule is [Pd+2].[c-]1c(-c2ccccn2)cccc1[Si](c1[c-]c2c(cc1)c1cc3c(cc1n2-c1ccccn1)[Si](c1ccccc1)(c1ccccc1)c1ccccc1O3)(c1ccccc1)c1ccccc1. The normalized spacial score (nSPS) is 12.7. The number of pyridine rings is 2. The molecule has 0 saturated heterocycles. The minimum atomic E-state index is -3.12. The number of benzene rings is 8. The quantitative estimate of drug-likeness (QED) is 0.0892. The summed E-state index contributed by atoms with van der Waals surface area (Å²) in [7, 11) is -6.07. The van der Waals surface area contributed by atoms with Gasteiger partial charge < -0.3 is 14.3 Å². The van der Waals surface area contributed by atoms with Crippen LogP contribution in [0.2, 0.25) is 0 Å². The Bertz CT molecular complexity index is 3380. The summed E-state index contributed by atoms with van der Waals surface area (Å²) in [5.74, 6) is 2.62. The van der Waals surface area contributed by atoms with Gasteiger partial charge in [-0.05, 0) is 78.6 Å². The monoisotopic (exact) mass is 955 g/mol. The van der Waals surface area contributed by atoms with E-state index >= 15 is 0 Å². The topological polar surface area (TPSA) is 39.9 Å². The summed E-state index contributed by atoms with van der Waals surface area (Å²) >= 11 is 0. The molecule has 0 atom stereocenters. The molecule has 11 aromatic rings. The van der Waals surface area contributed by atoms with E-state index in [-0.39, 0.29) is 20.4 Å². The Kier molecular flexibility index (Phi) is 10.4. The Balaban J connectivity index is 0.00000469. The predicted octanol–water partition coefficient (Wildman–Crippen LogP) is 7.70. The van der Waals surface area contributed by atoms with E-state index in [4.69, 9.17) is 14.7 Å². The number of hydrogen-bond donors (Lipinski definition) is 0. The fraction of sp³-hybridized carbons (Fsp3) is 0. The Labute approximate surface area is 394 Å². The van der Waals surface area contributed by atoms with Crippen LogP contribution in [0, 0.1) is 12.1 Å². The van der Waals surface area contributed by atoms with Crippen molar-refractivity contribution in [1.29, 1.82) is 0 Å². The molecule has 8 aromatic carbocycles. The van der Waals surface area contributed by atoms with Crippen LogP contribution < -0.4 is 46.2 Å². The van der Waals surface area contributed by atoms with Crippen LogP contribution in [0.3, 0.4) is 0 Å². The average molecular weight is 957 g/mol. The first-order valence-electron chi connectivity index (χ1n) is 21.6. The maximum Gasteiger partial charge on any atom is 2.00 e. The van der Waals surface area contributed by atoms with E-state index in [9.17, 15) is 0 Å². The summed E-state index contributed by atoms with van der Waals surface area (Å²) in [5, 5.41) is 12.0. The molecule has 1 aliphatic heterocycles. The smallest absolute Gasteiger partial charge is 0.458 e. The molecular formula is C58H39N3OPdSi2. The molecule has 0 bridgehead atoms. The molecular weight excluding hydrogens is 917 g/mol. The number of rotatable bonds is 8. The Morgan fingerprint density at radius 3 is 1.71 bits per heavy atom. The van der Waals surface area contributed by atoms with E-state index in [1.165, 1.54) is 31.1 Å². The molecule has 4 heterocycles. The third kappa shape index (κ3) is 6.42. The molecule has 310 valence electrons.